The quantitative estimate of drug-likeness (QED) is 0.795. The lowest BCUT2D eigenvalue weighted by Crippen LogP contribution is -2.18. The van der Waals surface area contributed by atoms with E-state index in [9.17, 15) is 18.0 Å². The highest BCUT2D eigenvalue weighted by atomic mass is 32.2. The number of hydrogen-bond donors (Lipinski definition) is 2. The van der Waals surface area contributed by atoms with Gasteiger partial charge in [0.15, 0.2) is 0 Å². The summed E-state index contributed by atoms with van der Waals surface area (Å²) in [5, 5.41) is 2.66. The van der Waals surface area contributed by atoms with Crippen molar-refractivity contribution in [2.75, 3.05) is 23.4 Å². The second-order valence-corrected chi connectivity index (χ2v) is 7.09. The van der Waals surface area contributed by atoms with Crippen LogP contribution in [-0.4, -0.2) is 33.7 Å². The molecule has 1 amide bonds. The lowest BCUT2D eigenvalue weighted by Gasteiger charge is -2.13. The minimum Gasteiger partial charge on any atom is -0.465 e. The van der Waals surface area contributed by atoms with Crippen molar-refractivity contribution >= 4 is 33.3 Å². The van der Waals surface area contributed by atoms with Crippen molar-refractivity contribution in [2.24, 2.45) is 0 Å². The number of amides is 1. The van der Waals surface area contributed by atoms with E-state index in [4.69, 9.17) is 4.74 Å². The van der Waals surface area contributed by atoms with Gasteiger partial charge in [0.2, 0.25) is 10.0 Å². The molecule has 2 aromatic rings. The first-order valence-corrected chi connectivity index (χ1v) is 9.18. The normalized spacial score (nSPS) is 10.8. The highest BCUT2D eigenvalue weighted by Crippen LogP contribution is 2.22. The standard InChI is InChI=1S/C17H18N2O5S/c1-11-12(8-6-10-14(11)19-25(3,22)23)16(20)18-15-9-5-4-7-13(15)17(21)24-2/h4-10,19H,1-3H3,(H,18,20). The van der Waals surface area contributed by atoms with Crippen molar-refractivity contribution < 1.29 is 22.7 Å². The van der Waals surface area contributed by atoms with Gasteiger partial charge in [0.05, 0.1) is 30.3 Å². The molecule has 0 aliphatic carbocycles. The molecule has 0 saturated heterocycles. The zero-order valence-corrected chi connectivity index (χ0v) is 14.8. The van der Waals surface area contributed by atoms with Crippen LogP contribution in [-0.2, 0) is 14.8 Å². The SMILES string of the molecule is COC(=O)c1ccccc1NC(=O)c1cccc(NS(C)(=O)=O)c1C. The van der Waals surface area contributed by atoms with Crippen LogP contribution in [0.15, 0.2) is 42.5 Å². The molecule has 0 aromatic heterocycles. The Morgan fingerprint density at radius 2 is 1.56 bits per heavy atom. The van der Waals surface area contributed by atoms with Crippen molar-refractivity contribution in [3.63, 3.8) is 0 Å². The maximum atomic E-state index is 12.6. The number of ether oxygens (including phenoxy) is 1. The van der Waals surface area contributed by atoms with E-state index in [1.54, 1.807) is 43.3 Å². The van der Waals surface area contributed by atoms with Crippen molar-refractivity contribution in [1.29, 1.82) is 0 Å². The number of methoxy groups -OCH3 is 1. The van der Waals surface area contributed by atoms with Gasteiger partial charge in [0.25, 0.3) is 5.91 Å². The zero-order chi connectivity index (χ0) is 18.6. The van der Waals surface area contributed by atoms with Gasteiger partial charge in [-0.3, -0.25) is 9.52 Å². The van der Waals surface area contributed by atoms with E-state index in [-0.39, 0.29) is 11.1 Å². The Bertz CT molecular complexity index is 922. The van der Waals surface area contributed by atoms with Crippen LogP contribution in [0.25, 0.3) is 0 Å². The Morgan fingerprint density at radius 1 is 0.960 bits per heavy atom. The first-order valence-electron chi connectivity index (χ1n) is 7.29. The highest BCUT2D eigenvalue weighted by Gasteiger charge is 2.17. The molecule has 0 aliphatic rings. The average molecular weight is 362 g/mol. The Morgan fingerprint density at radius 3 is 2.20 bits per heavy atom. The molecule has 0 aliphatic heterocycles. The molecule has 0 heterocycles. The van der Waals surface area contributed by atoms with Crippen LogP contribution in [0.4, 0.5) is 11.4 Å². The molecule has 0 fully saturated rings. The van der Waals surface area contributed by atoms with Crippen LogP contribution in [0.2, 0.25) is 0 Å². The summed E-state index contributed by atoms with van der Waals surface area (Å²) in [6, 6.07) is 11.2. The monoisotopic (exact) mass is 362 g/mol. The van der Waals surface area contributed by atoms with Gasteiger partial charge >= 0.3 is 5.97 Å². The second kappa shape index (κ2) is 7.35. The molecule has 8 heteroatoms. The number of sulfonamides is 1. The predicted molar refractivity (Wildman–Crippen MR) is 95.4 cm³/mol. The Labute approximate surface area is 146 Å². The van der Waals surface area contributed by atoms with Crippen molar-refractivity contribution in [3.05, 3.63) is 59.2 Å². The number of carbonyl (C=O) groups excluding carboxylic acids is 2. The Kier molecular flexibility index (Phi) is 5.43. The van der Waals surface area contributed by atoms with Crippen LogP contribution in [0.1, 0.15) is 26.3 Å². The third-order valence-corrected chi connectivity index (χ3v) is 4.05. The van der Waals surface area contributed by atoms with Gasteiger partial charge in [0, 0.05) is 5.56 Å². The van der Waals surface area contributed by atoms with E-state index in [1.165, 1.54) is 13.2 Å². The summed E-state index contributed by atoms with van der Waals surface area (Å²) in [6.07, 6.45) is 1.03. The van der Waals surface area contributed by atoms with Crippen molar-refractivity contribution in [3.8, 4) is 0 Å². The smallest absolute Gasteiger partial charge is 0.339 e. The zero-order valence-electron chi connectivity index (χ0n) is 14.0. The summed E-state index contributed by atoms with van der Waals surface area (Å²) in [5.74, 6) is -1.04. The minimum atomic E-state index is -3.47. The second-order valence-electron chi connectivity index (χ2n) is 5.34. The summed E-state index contributed by atoms with van der Waals surface area (Å²) < 4.78 is 29.9. The number of esters is 1. The molecule has 2 rings (SSSR count). The van der Waals surface area contributed by atoms with Gasteiger partial charge < -0.3 is 10.1 Å². The molecule has 2 N–H and O–H groups in total. The number of nitrogens with one attached hydrogen (secondary N) is 2. The van der Waals surface area contributed by atoms with Gasteiger partial charge in [-0.15, -0.1) is 0 Å². The highest BCUT2D eigenvalue weighted by molar-refractivity contribution is 7.92. The summed E-state index contributed by atoms with van der Waals surface area (Å²) in [6.45, 7) is 1.63. The lowest BCUT2D eigenvalue weighted by atomic mass is 10.1. The number of benzene rings is 2. The molecule has 132 valence electrons. The molecule has 25 heavy (non-hydrogen) atoms. The third-order valence-electron chi connectivity index (χ3n) is 3.45. The maximum Gasteiger partial charge on any atom is 0.339 e. The fourth-order valence-electron chi connectivity index (χ4n) is 2.26. The molecular formula is C17H18N2O5S. The molecule has 0 spiro atoms. The van der Waals surface area contributed by atoms with Gasteiger partial charge in [-0.25, -0.2) is 13.2 Å². The summed E-state index contributed by atoms with van der Waals surface area (Å²) in [4.78, 5) is 24.4. The molecule has 2 aromatic carbocycles. The fraction of sp³-hybridized carbons (Fsp3) is 0.176. The molecule has 7 nitrogen and oxygen atoms in total. The van der Waals surface area contributed by atoms with Gasteiger partial charge in [-0.1, -0.05) is 18.2 Å². The number of para-hydroxylation sites is 1. The number of hydrogen-bond acceptors (Lipinski definition) is 5. The lowest BCUT2D eigenvalue weighted by molar-refractivity contribution is 0.0602. The van der Waals surface area contributed by atoms with E-state index in [0.717, 1.165) is 6.26 Å². The average Bonchev–Trinajstić information content (AvgIpc) is 2.55. The largest absolute Gasteiger partial charge is 0.465 e. The van der Waals surface area contributed by atoms with Crippen molar-refractivity contribution in [2.45, 2.75) is 6.92 Å². The minimum absolute atomic E-state index is 0.224. The fourth-order valence-corrected chi connectivity index (χ4v) is 2.88. The molecule has 0 saturated carbocycles. The van der Waals surface area contributed by atoms with Gasteiger partial charge in [-0.2, -0.15) is 0 Å². The number of rotatable bonds is 5. The molecule has 0 bridgehead atoms. The third kappa shape index (κ3) is 4.57. The van der Waals surface area contributed by atoms with E-state index in [1.807, 2.05) is 0 Å². The van der Waals surface area contributed by atoms with Crippen molar-refractivity contribution in [1.82, 2.24) is 0 Å². The van der Waals surface area contributed by atoms with Crippen LogP contribution in [0, 0.1) is 6.92 Å². The summed E-state index contributed by atoms with van der Waals surface area (Å²) in [5.41, 5.74) is 1.60. The Hall–Kier alpha value is -2.87. The topological polar surface area (TPSA) is 102 Å². The van der Waals surface area contributed by atoms with Crippen LogP contribution >= 0.6 is 0 Å². The van der Waals surface area contributed by atoms with Crippen LogP contribution in [0.3, 0.4) is 0 Å². The molecule has 0 radical (unpaired) electrons. The maximum absolute atomic E-state index is 12.6. The molecular weight excluding hydrogens is 344 g/mol. The number of anilines is 2. The predicted octanol–water partition coefficient (Wildman–Crippen LogP) is 2.41. The first-order chi connectivity index (χ1) is 11.7. The van der Waals surface area contributed by atoms with E-state index in [0.29, 0.717) is 16.9 Å². The van der Waals surface area contributed by atoms with Gasteiger partial charge in [0.1, 0.15) is 0 Å². The number of carbonyl (C=O) groups is 2. The van der Waals surface area contributed by atoms with E-state index in [2.05, 4.69) is 10.0 Å². The van der Waals surface area contributed by atoms with Gasteiger partial charge in [-0.05, 0) is 36.8 Å². The van der Waals surface area contributed by atoms with E-state index >= 15 is 0 Å². The van der Waals surface area contributed by atoms with Crippen LogP contribution in [0.5, 0.6) is 0 Å². The summed E-state index contributed by atoms with van der Waals surface area (Å²) in [7, 11) is -2.21. The van der Waals surface area contributed by atoms with Crippen LogP contribution < -0.4 is 10.0 Å². The molecule has 0 unspecified atom stereocenters. The summed E-state index contributed by atoms with van der Waals surface area (Å²) >= 11 is 0. The molecule has 0 atom stereocenters. The van der Waals surface area contributed by atoms with E-state index < -0.39 is 21.9 Å². The Balaban J connectivity index is 2.34. The first kappa shape index (κ1) is 18.5.